The zero-order chi connectivity index (χ0) is 20.9. The average molecular weight is 420 g/mol. The Hall–Kier alpha value is -2.29. The molecule has 0 unspecified atom stereocenters. The predicted octanol–water partition coefficient (Wildman–Crippen LogP) is 2.01. The van der Waals surface area contributed by atoms with Gasteiger partial charge in [-0.1, -0.05) is 29.8 Å². The van der Waals surface area contributed by atoms with E-state index in [1.165, 1.54) is 21.3 Å². The van der Waals surface area contributed by atoms with Crippen molar-refractivity contribution in [1.82, 2.24) is 14.5 Å². The molecule has 0 radical (unpaired) electrons. The van der Waals surface area contributed by atoms with E-state index in [4.69, 9.17) is 0 Å². The second kappa shape index (κ2) is 9.47. The minimum absolute atomic E-state index is 0.0658. The number of sulfonamides is 1. The maximum absolute atomic E-state index is 13.2. The van der Waals surface area contributed by atoms with Crippen molar-refractivity contribution in [3.63, 3.8) is 0 Å². The fourth-order valence-corrected chi connectivity index (χ4v) is 4.67. The van der Waals surface area contributed by atoms with Gasteiger partial charge in [0.05, 0.1) is 5.75 Å². The van der Waals surface area contributed by atoms with E-state index in [9.17, 15) is 17.6 Å². The maximum atomic E-state index is 13.2. The zero-order valence-electron chi connectivity index (χ0n) is 16.5. The van der Waals surface area contributed by atoms with E-state index < -0.39 is 10.0 Å². The van der Waals surface area contributed by atoms with Crippen molar-refractivity contribution in [3.05, 3.63) is 71.0 Å². The van der Waals surface area contributed by atoms with Crippen LogP contribution in [-0.4, -0.2) is 62.0 Å². The Morgan fingerprint density at radius 2 is 1.69 bits per heavy atom. The summed E-state index contributed by atoms with van der Waals surface area (Å²) < 4.78 is 40.1. The molecule has 1 N–H and O–H groups in total. The highest BCUT2D eigenvalue weighted by Gasteiger charge is 2.26. The number of halogens is 1. The van der Waals surface area contributed by atoms with Crippen LogP contribution >= 0.6 is 0 Å². The minimum Gasteiger partial charge on any atom is -0.333 e. The van der Waals surface area contributed by atoms with Crippen molar-refractivity contribution in [3.8, 4) is 0 Å². The van der Waals surface area contributed by atoms with Crippen LogP contribution in [0.2, 0.25) is 0 Å². The molecule has 1 aliphatic rings. The lowest BCUT2D eigenvalue weighted by atomic mass is 10.1. The number of rotatable bonds is 7. The second-order valence-corrected chi connectivity index (χ2v) is 9.27. The van der Waals surface area contributed by atoms with Crippen LogP contribution in [0.1, 0.15) is 21.5 Å². The summed E-state index contributed by atoms with van der Waals surface area (Å²) in [4.78, 5) is 14.6. The molecule has 0 saturated carbocycles. The molecule has 1 heterocycles. The number of carbonyl (C=O) groups excluding carboxylic acids is 1. The Balaban J connectivity index is 1.76. The van der Waals surface area contributed by atoms with Gasteiger partial charge in [-0.2, -0.15) is 4.31 Å². The molecule has 156 valence electrons. The Morgan fingerprint density at radius 3 is 2.31 bits per heavy atom. The van der Waals surface area contributed by atoms with Crippen molar-refractivity contribution in [2.75, 3.05) is 38.5 Å². The highest BCUT2D eigenvalue weighted by atomic mass is 32.2. The van der Waals surface area contributed by atoms with Crippen LogP contribution in [-0.2, 0) is 16.6 Å². The van der Waals surface area contributed by atoms with Crippen LogP contribution < -0.4 is 5.32 Å². The molecule has 0 bridgehead atoms. The summed E-state index contributed by atoms with van der Waals surface area (Å²) in [7, 11) is -3.46. The highest BCUT2D eigenvalue weighted by Crippen LogP contribution is 2.13. The van der Waals surface area contributed by atoms with E-state index >= 15 is 0 Å². The number of piperazine rings is 1. The Kier molecular flexibility index (Phi) is 7.00. The van der Waals surface area contributed by atoms with E-state index in [1.807, 2.05) is 19.1 Å². The van der Waals surface area contributed by atoms with Gasteiger partial charge in [-0.05, 0) is 36.8 Å². The molecule has 1 fully saturated rings. The number of nitrogens with one attached hydrogen (secondary N) is 1. The lowest BCUT2D eigenvalue weighted by Gasteiger charge is -2.28. The molecule has 1 aliphatic heterocycles. The molecule has 1 saturated heterocycles. The number of hydrogen-bond acceptors (Lipinski definition) is 4. The monoisotopic (exact) mass is 419 g/mol. The number of aryl methyl sites for hydroxylation is 1. The topological polar surface area (TPSA) is 69.7 Å². The Bertz CT molecular complexity index is 925. The highest BCUT2D eigenvalue weighted by molar-refractivity contribution is 7.89. The first-order valence-electron chi connectivity index (χ1n) is 9.64. The van der Waals surface area contributed by atoms with Gasteiger partial charge in [-0.25, -0.2) is 12.8 Å². The number of benzene rings is 2. The molecule has 0 atom stereocenters. The number of nitrogens with zero attached hydrogens (tertiary/aromatic N) is 2. The summed E-state index contributed by atoms with van der Waals surface area (Å²) in [5, 5.41) is 3.13. The molecule has 8 heteroatoms. The van der Waals surface area contributed by atoms with Crippen molar-refractivity contribution in [2.45, 2.75) is 13.5 Å². The summed E-state index contributed by atoms with van der Waals surface area (Å²) in [5.41, 5.74) is 2.27. The first-order chi connectivity index (χ1) is 13.8. The van der Waals surface area contributed by atoms with Crippen LogP contribution in [0, 0.1) is 12.7 Å². The number of amides is 1. The van der Waals surface area contributed by atoms with Crippen LogP contribution in [0.5, 0.6) is 0 Å². The normalized spacial score (nSPS) is 15.2. The lowest BCUT2D eigenvalue weighted by Crippen LogP contribution is -2.48. The molecular formula is C21H26FN3O3S. The largest absolute Gasteiger partial charge is 0.333 e. The first-order valence-corrected chi connectivity index (χ1v) is 11.2. The van der Waals surface area contributed by atoms with E-state index in [0.29, 0.717) is 31.7 Å². The Morgan fingerprint density at radius 1 is 1.07 bits per heavy atom. The standard InChI is InChI=1S/C21H26FN3O3S/c1-17-2-6-19(7-3-17)21(26)24(16-18-4-8-20(22)9-5-18)14-15-29(27,28)25-12-10-23-11-13-25/h2-9,23H,10-16H2,1H3. The third kappa shape index (κ3) is 5.85. The van der Waals surface area contributed by atoms with Crippen molar-refractivity contribution >= 4 is 15.9 Å². The van der Waals surface area contributed by atoms with Crippen molar-refractivity contribution < 1.29 is 17.6 Å². The third-order valence-corrected chi connectivity index (χ3v) is 6.81. The first kappa shape index (κ1) is 21.4. The maximum Gasteiger partial charge on any atom is 0.254 e. The molecule has 1 amide bonds. The second-order valence-electron chi connectivity index (χ2n) is 7.18. The Labute approximate surface area is 171 Å². The molecular weight excluding hydrogens is 393 g/mol. The van der Waals surface area contributed by atoms with Gasteiger partial charge in [0.15, 0.2) is 0 Å². The predicted molar refractivity (Wildman–Crippen MR) is 111 cm³/mol. The van der Waals surface area contributed by atoms with Gasteiger partial charge in [-0.3, -0.25) is 4.79 Å². The van der Waals surface area contributed by atoms with Crippen molar-refractivity contribution in [2.24, 2.45) is 0 Å². The lowest BCUT2D eigenvalue weighted by molar-refractivity contribution is 0.0753. The zero-order valence-corrected chi connectivity index (χ0v) is 17.3. The van der Waals surface area contributed by atoms with Crippen LogP contribution in [0.15, 0.2) is 48.5 Å². The van der Waals surface area contributed by atoms with Gasteiger partial charge in [0.25, 0.3) is 5.91 Å². The van der Waals surface area contributed by atoms with Gasteiger partial charge in [0, 0.05) is 44.8 Å². The molecule has 6 nitrogen and oxygen atoms in total. The van der Waals surface area contributed by atoms with Gasteiger partial charge in [0.1, 0.15) is 5.82 Å². The van der Waals surface area contributed by atoms with E-state index in [-0.39, 0.29) is 30.6 Å². The fraction of sp³-hybridized carbons (Fsp3) is 0.381. The molecule has 2 aromatic rings. The van der Waals surface area contributed by atoms with Crippen molar-refractivity contribution in [1.29, 1.82) is 0 Å². The molecule has 29 heavy (non-hydrogen) atoms. The molecule has 3 rings (SSSR count). The summed E-state index contributed by atoms with van der Waals surface area (Å²) >= 11 is 0. The third-order valence-electron chi connectivity index (χ3n) is 4.96. The summed E-state index contributed by atoms with van der Waals surface area (Å²) in [6.45, 7) is 4.34. The smallest absolute Gasteiger partial charge is 0.254 e. The van der Waals surface area contributed by atoms with Crippen LogP contribution in [0.25, 0.3) is 0 Å². The van der Waals surface area contributed by atoms with E-state index in [2.05, 4.69) is 5.32 Å². The summed E-state index contributed by atoms with van der Waals surface area (Å²) in [5.74, 6) is -0.748. The average Bonchev–Trinajstić information content (AvgIpc) is 2.73. The number of carbonyl (C=O) groups is 1. The van der Waals surface area contributed by atoms with Gasteiger partial charge in [0.2, 0.25) is 10.0 Å². The molecule has 0 aromatic heterocycles. The molecule has 0 spiro atoms. The SMILES string of the molecule is Cc1ccc(C(=O)N(CCS(=O)(=O)N2CCNCC2)Cc2ccc(F)cc2)cc1. The molecule has 2 aromatic carbocycles. The van der Waals surface area contributed by atoms with Crippen LogP contribution in [0.3, 0.4) is 0 Å². The quantitative estimate of drug-likeness (QED) is 0.746. The van der Waals surface area contributed by atoms with E-state index in [0.717, 1.165) is 11.1 Å². The summed E-state index contributed by atoms with van der Waals surface area (Å²) in [6.07, 6.45) is 0. The minimum atomic E-state index is -3.46. The van der Waals surface area contributed by atoms with Crippen LogP contribution in [0.4, 0.5) is 4.39 Å². The van der Waals surface area contributed by atoms with E-state index in [1.54, 1.807) is 24.3 Å². The van der Waals surface area contributed by atoms with Gasteiger partial charge >= 0.3 is 0 Å². The molecule has 0 aliphatic carbocycles. The van der Waals surface area contributed by atoms with Gasteiger partial charge in [-0.15, -0.1) is 0 Å². The fourth-order valence-electron chi connectivity index (χ4n) is 3.22. The summed E-state index contributed by atoms with van der Waals surface area (Å²) in [6, 6.07) is 13.1. The number of hydrogen-bond donors (Lipinski definition) is 1. The van der Waals surface area contributed by atoms with Gasteiger partial charge < -0.3 is 10.2 Å².